The molecule has 138 valence electrons. The molecule has 2 rings (SSSR count). The number of carbonyl (C=O) groups excluding carboxylic acids is 2. The van der Waals surface area contributed by atoms with Crippen LogP contribution < -0.4 is 10.1 Å². The van der Waals surface area contributed by atoms with E-state index in [2.05, 4.69) is 19.2 Å². The van der Waals surface area contributed by atoms with Crippen molar-refractivity contribution < 1.29 is 19.4 Å². The Morgan fingerprint density at radius 3 is 2.40 bits per heavy atom. The van der Waals surface area contributed by atoms with Gasteiger partial charge >= 0.3 is 6.03 Å². The van der Waals surface area contributed by atoms with Gasteiger partial charge in [-0.3, -0.25) is 9.69 Å². The summed E-state index contributed by atoms with van der Waals surface area (Å²) >= 11 is 0. The van der Waals surface area contributed by atoms with Gasteiger partial charge in [0.25, 0.3) is 5.91 Å². The molecule has 1 saturated heterocycles. The third-order valence-corrected chi connectivity index (χ3v) is 4.82. The lowest BCUT2D eigenvalue weighted by Crippen LogP contribution is -2.46. The van der Waals surface area contributed by atoms with Gasteiger partial charge in [0.1, 0.15) is 24.0 Å². The highest BCUT2D eigenvalue weighted by molar-refractivity contribution is 6.07. The lowest BCUT2D eigenvalue weighted by molar-refractivity contribution is -0.132. The molecule has 1 aromatic rings. The number of urea groups is 1. The summed E-state index contributed by atoms with van der Waals surface area (Å²) in [7, 11) is 0. The zero-order valence-corrected chi connectivity index (χ0v) is 15.4. The number of rotatable bonds is 8. The minimum absolute atomic E-state index is 0.0199. The lowest BCUT2D eigenvalue weighted by atomic mass is 9.93. The molecule has 6 heteroatoms. The number of carbonyl (C=O) groups is 2. The van der Waals surface area contributed by atoms with Crippen LogP contribution in [0.1, 0.15) is 52.0 Å². The average molecular weight is 348 g/mol. The van der Waals surface area contributed by atoms with E-state index in [0.717, 1.165) is 10.5 Å². The maximum atomic E-state index is 12.5. The van der Waals surface area contributed by atoms with Crippen molar-refractivity contribution in [1.29, 1.82) is 0 Å². The Kier molecular flexibility index (Phi) is 6.06. The summed E-state index contributed by atoms with van der Waals surface area (Å²) in [6.07, 6.45) is 0.108. The minimum atomic E-state index is -0.945. The standard InChI is InChI=1S/C19H28N2O4/c1-5-19(6-2)17(23)21(18(24)20-19)11-14(22)12-25-16-10-8-7-9-15(16)13(3)4/h7-10,13-14,22H,5-6,11-12H2,1-4H3,(H,20,24). The van der Waals surface area contributed by atoms with Gasteiger partial charge in [-0.15, -0.1) is 0 Å². The molecule has 1 atom stereocenters. The quantitative estimate of drug-likeness (QED) is 0.708. The Morgan fingerprint density at radius 1 is 1.20 bits per heavy atom. The molecule has 0 spiro atoms. The highest BCUT2D eigenvalue weighted by atomic mass is 16.5. The molecule has 0 bridgehead atoms. The number of aliphatic hydroxyl groups excluding tert-OH is 1. The minimum Gasteiger partial charge on any atom is -0.491 e. The third-order valence-electron chi connectivity index (χ3n) is 4.82. The fourth-order valence-electron chi connectivity index (χ4n) is 3.11. The Bertz CT molecular complexity index is 626. The van der Waals surface area contributed by atoms with Crippen molar-refractivity contribution in [2.75, 3.05) is 13.2 Å². The maximum absolute atomic E-state index is 12.5. The summed E-state index contributed by atoms with van der Waals surface area (Å²) < 4.78 is 5.73. The second-order valence-electron chi connectivity index (χ2n) is 6.79. The van der Waals surface area contributed by atoms with E-state index in [-0.39, 0.29) is 19.1 Å². The highest BCUT2D eigenvalue weighted by Gasteiger charge is 2.48. The van der Waals surface area contributed by atoms with E-state index < -0.39 is 17.7 Å². The molecule has 0 aliphatic carbocycles. The molecule has 1 heterocycles. The van der Waals surface area contributed by atoms with Crippen LogP contribution in [0.4, 0.5) is 4.79 Å². The summed E-state index contributed by atoms with van der Waals surface area (Å²) in [5, 5.41) is 13.0. The van der Waals surface area contributed by atoms with Gasteiger partial charge in [-0.2, -0.15) is 0 Å². The molecular weight excluding hydrogens is 320 g/mol. The van der Waals surface area contributed by atoms with Gasteiger partial charge in [-0.1, -0.05) is 45.9 Å². The van der Waals surface area contributed by atoms with Crippen molar-refractivity contribution in [2.45, 2.75) is 58.1 Å². The van der Waals surface area contributed by atoms with Crippen LogP contribution in [0, 0.1) is 0 Å². The first-order valence-electron chi connectivity index (χ1n) is 8.88. The number of β-amino-alcohol motifs (C(OH)–C–C–N with tert-alkyl or cyclic N) is 1. The second-order valence-corrected chi connectivity index (χ2v) is 6.79. The van der Waals surface area contributed by atoms with Crippen molar-refractivity contribution in [1.82, 2.24) is 10.2 Å². The normalized spacial score (nSPS) is 17.8. The van der Waals surface area contributed by atoms with Crippen molar-refractivity contribution >= 4 is 11.9 Å². The molecule has 0 aromatic heterocycles. The number of aliphatic hydroxyl groups is 1. The van der Waals surface area contributed by atoms with Crippen LogP contribution in [0.2, 0.25) is 0 Å². The Hall–Kier alpha value is -2.08. The molecule has 1 aliphatic heterocycles. The number of para-hydroxylation sites is 1. The molecule has 0 radical (unpaired) electrons. The van der Waals surface area contributed by atoms with Gasteiger partial charge in [0.2, 0.25) is 0 Å². The monoisotopic (exact) mass is 348 g/mol. The Balaban J connectivity index is 1.98. The van der Waals surface area contributed by atoms with Crippen LogP contribution in [0.3, 0.4) is 0 Å². The van der Waals surface area contributed by atoms with Gasteiger partial charge in [-0.25, -0.2) is 4.79 Å². The van der Waals surface area contributed by atoms with E-state index in [1.165, 1.54) is 0 Å². The van der Waals surface area contributed by atoms with Gasteiger partial charge in [-0.05, 0) is 30.4 Å². The topological polar surface area (TPSA) is 78.9 Å². The number of nitrogens with zero attached hydrogens (tertiary/aromatic N) is 1. The zero-order chi connectivity index (χ0) is 18.6. The predicted octanol–water partition coefficient (Wildman–Crippen LogP) is 2.66. The zero-order valence-electron chi connectivity index (χ0n) is 15.4. The smallest absolute Gasteiger partial charge is 0.325 e. The van der Waals surface area contributed by atoms with E-state index in [9.17, 15) is 14.7 Å². The molecule has 1 aromatic carbocycles. The summed E-state index contributed by atoms with van der Waals surface area (Å²) in [6.45, 7) is 7.82. The number of benzene rings is 1. The van der Waals surface area contributed by atoms with Crippen LogP contribution >= 0.6 is 0 Å². The van der Waals surface area contributed by atoms with Crippen molar-refractivity contribution in [3.8, 4) is 5.75 Å². The first-order valence-corrected chi connectivity index (χ1v) is 8.88. The summed E-state index contributed by atoms with van der Waals surface area (Å²) in [6, 6.07) is 7.22. The molecular formula is C19H28N2O4. The van der Waals surface area contributed by atoms with Gasteiger partial charge in [0.15, 0.2) is 0 Å². The fourth-order valence-corrected chi connectivity index (χ4v) is 3.11. The van der Waals surface area contributed by atoms with E-state index in [1.54, 1.807) is 0 Å². The molecule has 6 nitrogen and oxygen atoms in total. The first kappa shape index (κ1) is 19.2. The van der Waals surface area contributed by atoms with Crippen molar-refractivity contribution in [3.63, 3.8) is 0 Å². The molecule has 1 unspecified atom stereocenters. The lowest BCUT2D eigenvalue weighted by Gasteiger charge is -2.24. The molecule has 25 heavy (non-hydrogen) atoms. The Morgan fingerprint density at radius 2 is 1.84 bits per heavy atom. The van der Waals surface area contributed by atoms with Crippen molar-refractivity contribution in [2.24, 2.45) is 0 Å². The fraction of sp³-hybridized carbons (Fsp3) is 0.579. The molecule has 0 saturated carbocycles. The maximum Gasteiger partial charge on any atom is 0.325 e. The third kappa shape index (κ3) is 3.95. The number of amides is 3. The number of nitrogens with one attached hydrogen (secondary N) is 1. The summed E-state index contributed by atoms with van der Waals surface area (Å²) in [4.78, 5) is 25.7. The van der Waals surface area contributed by atoms with Crippen LogP contribution in [0.25, 0.3) is 0 Å². The second kappa shape index (κ2) is 7.87. The SMILES string of the molecule is CCC1(CC)NC(=O)N(CC(O)COc2ccccc2C(C)C)C1=O. The number of imide groups is 1. The molecule has 2 N–H and O–H groups in total. The van der Waals surface area contributed by atoms with Crippen molar-refractivity contribution in [3.05, 3.63) is 29.8 Å². The van der Waals surface area contributed by atoms with Crippen LogP contribution in [0.15, 0.2) is 24.3 Å². The first-order chi connectivity index (χ1) is 11.8. The van der Waals surface area contributed by atoms with Gasteiger partial charge in [0, 0.05) is 0 Å². The van der Waals surface area contributed by atoms with Crippen LogP contribution in [-0.2, 0) is 4.79 Å². The number of ether oxygens (including phenoxy) is 1. The molecule has 3 amide bonds. The van der Waals surface area contributed by atoms with Gasteiger partial charge < -0.3 is 15.2 Å². The van der Waals surface area contributed by atoms with Crippen LogP contribution in [-0.4, -0.2) is 46.7 Å². The van der Waals surface area contributed by atoms with E-state index in [4.69, 9.17) is 4.74 Å². The number of hydrogen-bond donors (Lipinski definition) is 2. The largest absolute Gasteiger partial charge is 0.491 e. The van der Waals surface area contributed by atoms with Gasteiger partial charge in [0.05, 0.1) is 6.54 Å². The average Bonchev–Trinajstić information content (AvgIpc) is 2.84. The molecule has 1 fully saturated rings. The highest BCUT2D eigenvalue weighted by Crippen LogP contribution is 2.27. The van der Waals surface area contributed by atoms with Crippen LogP contribution in [0.5, 0.6) is 5.75 Å². The number of hydrogen-bond acceptors (Lipinski definition) is 4. The Labute approximate surface area is 149 Å². The predicted molar refractivity (Wildman–Crippen MR) is 95.6 cm³/mol. The molecule has 1 aliphatic rings. The van der Waals surface area contributed by atoms with E-state index in [1.807, 2.05) is 38.1 Å². The van der Waals surface area contributed by atoms with E-state index in [0.29, 0.717) is 24.5 Å². The van der Waals surface area contributed by atoms with E-state index >= 15 is 0 Å². The summed E-state index contributed by atoms with van der Waals surface area (Å²) in [5.41, 5.74) is 0.211. The summed E-state index contributed by atoms with van der Waals surface area (Å²) in [5.74, 6) is 0.739.